The van der Waals surface area contributed by atoms with Crippen molar-refractivity contribution in [2.45, 2.75) is 103 Å². The lowest BCUT2D eigenvalue weighted by Gasteiger charge is -2.46. The Morgan fingerprint density at radius 3 is 2.46 bits per heavy atom. The number of rotatable bonds is 7. The fourth-order valence-electron chi connectivity index (χ4n) is 7.65. The van der Waals surface area contributed by atoms with Crippen LogP contribution in [0.4, 0.5) is 13.6 Å². The van der Waals surface area contributed by atoms with Crippen LogP contribution in [0.15, 0.2) is 78.4 Å². The van der Waals surface area contributed by atoms with Gasteiger partial charge in [0, 0.05) is 29.1 Å². The van der Waals surface area contributed by atoms with E-state index in [0.717, 1.165) is 34.4 Å². The van der Waals surface area contributed by atoms with Crippen LogP contribution in [0.3, 0.4) is 0 Å². The van der Waals surface area contributed by atoms with Crippen molar-refractivity contribution in [2.24, 2.45) is 5.41 Å². The number of hydrogen-bond acceptors (Lipinski definition) is 4. The number of aliphatic hydroxyl groups is 2. The normalized spacial score (nSPS) is 24.5. The van der Waals surface area contributed by atoms with Crippen LogP contribution in [0.2, 0.25) is 0 Å². The molecule has 3 aromatic rings. The molecule has 3 N–H and O–H groups in total. The average Bonchev–Trinajstić information content (AvgIpc) is 3.29. The molecule has 6 rings (SSSR count). The van der Waals surface area contributed by atoms with Gasteiger partial charge in [-0.1, -0.05) is 61.0 Å². The maximum absolute atomic E-state index is 14.3. The van der Waals surface area contributed by atoms with E-state index in [9.17, 15) is 28.6 Å². The lowest BCUT2D eigenvalue weighted by Crippen LogP contribution is -2.55. The number of allylic oxidation sites excluding steroid dienone is 2. The third-order valence-corrected chi connectivity index (χ3v) is 10.5. The minimum Gasteiger partial charge on any atom is -0.393 e. The summed E-state index contributed by atoms with van der Waals surface area (Å²) in [6, 6.07) is 18.1. The van der Waals surface area contributed by atoms with E-state index >= 15 is 0 Å². The van der Waals surface area contributed by atoms with Gasteiger partial charge in [-0.15, -0.1) is 0 Å². The first-order valence-electron chi connectivity index (χ1n) is 17.1. The van der Waals surface area contributed by atoms with Gasteiger partial charge in [-0.2, -0.15) is 0 Å². The highest BCUT2D eigenvalue weighted by atomic mass is 19.2. The molecule has 1 saturated carbocycles. The van der Waals surface area contributed by atoms with E-state index in [1.54, 1.807) is 11.0 Å². The lowest BCUT2D eigenvalue weighted by atomic mass is 9.64. The first-order chi connectivity index (χ1) is 22.8. The van der Waals surface area contributed by atoms with Crippen LogP contribution in [-0.4, -0.2) is 51.2 Å². The second-order valence-corrected chi connectivity index (χ2v) is 14.4. The molecule has 3 aromatic carbocycles. The van der Waals surface area contributed by atoms with Gasteiger partial charge in [0.15, 0.2) is 17.4 Å². The number of nitrogens with one attached hydrogen (secondary N) is 1. The highest BCUT2D eigenvalue weighted by Gasteiger charge is 2.57. The van der Waals surface area contributed by atoms with Crippen molar-refractivity contribution in [3.63, 3.8) is 0 Å². The molecule has 2 amide bonds. The van der Waals surface area contributed by atoms with Gasteiger partial charge >= 0.3 is 6.03 Å². The van der Waals surface area contributed by atoms with Crippen molar-refractivity contribution in [1.82, 2.24) is 10.2 Å². The Morgan fingerprint density at radius 2 is 1.75 bits per heavy atom. The molecule has 0 unspecified atom stereocenters. The standard InChI is InChI=1S/C40H48F2N2O4/c1-26(2)43-38(47)44(24-28-10-6-5-7-11-28)25-40(48)20-18-34-32-16-13-29(21-31(45)15-12-27(3)9-8-19-39(34,40)4)22-33(32)37(46)30-14-17-35(41)36(42)23-30/h5-7,9-11,13-14,16-17,22-23,26,31,34,45,48H,8,12,15,18-21,24-25H2,1-4H3,(H,43,47)/t31-,34-,39-,40+/m0/s1. The first kappa shape index (κ1) is 35.4. The molecule has 48 heavy (non-hydrogen) atoms. The molecule has 0 spiro atoms. The summed E-state index contributed by atoms with van der Waals surface area (Å²) in [5, 5.41) is 26.7. The summed E-state index contributed by atoms with van der Waals surface area (Å²) in [5.74, 6) is -2.86. The Hall–Kier alpha value is -3.88. The number of urea groups is 1. The fraction of sp³-hybridized carbons (Fsp3) is 0.450. The van der Waals surface area contributed by atoms with Crippen LogP contribution in [-0.2, 0) is 13.0 Å². The van der Waals surface area contributed by atoms with Gasteiger partial charge in [0.2, 0.25) is 0 Å². The highest BCUT2D eigenvalue weighted by molar-refractivity contribution is 6.10. The largest absolute Gasteiger partial charge is 0.393 e. The number of aliphatic hydroxyl groups excluding tert-OH is 1. The Labute approximate surface area is 282 Å². The molecule has 3 aliphatic rings. The Morgan fingerprint density at radius 1 is 1.00 bits per heavy atom. The molecule has 4 atom stereocenters. The van der Waals surface area contributed by atoms with E-state index in [1.165, 1.54) is 6.07 Å². The number of halogens is 2. The number of benzene rings is 3. The van der Waals surface area contributed by atoms with Crippen molar-refractivity contribution < 1.29 is 28.6 Å². The minimum atomic E-state index is -1.31. The van der Waals surface area contributed by atoms with E-state index < -0.39 is 34.5 Å². The third-order valence-electron chi connectivity index (χ3n) is 10.5. The number of carbonyl (C=O) groups is 2. The molecule has 0 aliphatic heterocycles. The molecule has 0 saturated heterocycles. The Kier molecular flexibility index (Phi) is 10.9. The summed E-state index contributed by atoms with van der Waals surface area (Å²) in [6.07, 6.45) is 5.38. The smallest absolute Gasteiger partial charge is 0.317 e. The van der Waals surface area contributed by atoms with Crippen molar-refractivity contribution in [3.05, 3.63) is 118 Å². The van der Waals surface area contributed by atoms with Crippen LogP contribution in [0.25, 0.3) is 0 Å². The molecule has 3 aliphatic carbocycles. The number of amides is 2. The molecule has 256 valence electrons. The summed E-state index contributed by atoms with van der Waals surface area (Å²) < 4.78 is 28.2. The molecule has 6 nitrogen and oxygen atoms in total. The van der Waals surface area contributed by atoms with Gasteiger partial charge in [0.05, 0.1) is 18.2 Å². The zero-order valence-corrected chi connectivity index (χ0v) is 28.4. The molecular formula is C40H48F2N2O4. The maximum atomic E-state index is 14.3. The first-order valence-corrected chi connectivity index (χ1v) is 17.1. The third kappa shape index (κ3) is 7.71. The van der Waals surface area contributed by atoms with Gasteiger partial charge in [-0.25, -0.2) is 13.6 Å². The predicted octanol–water partition coefficient (Wildman–Crippen LogP) is 7.85. The zero-order chi connectivity index (χ0) is 34.6. The van der Waals surface area contributed by atoms with Crippen molar-refractivity contribution in [3.8, 4) is 0 Å². The SMILES string of the molecule is CC1=CCC[C@@]2(C)[C@@H](CC[C@@]2(O)CN(Cc2ccccc2)C(=O)NC(C)C)c2ccc(cc2C(=O)c2ccc(F)c(F)c2)C[C@@H](O)CC1. The van der Waals surface area contributed by atoms with Gasteiger partial charge in [-0.05, 0) is 113 Å². The molecular weight excluding hydrogens is 610 g/mol. The van der Waals surface area contributed by atoms with Crippen LogP contribution < -0.4 is 5.32 Å². The summed E-state index contributed by atoms with van der Waals surface area (Å²) in [5.41, 5.74) is 1.91. The molecule has 2 bridgehead atoms. The van der Waals surface area contributed by atoms with Crippen LogP contribution >= 0.6 is 0 Å². The molecule has 1 fully saturated rings. The van der Waals surface area contributed by atoms with Gasteiger partial charge in [0.1, 0.15) is 0 Å². The number of hydrogen-bond donors (Lipinski definition) is 3. The quantitative estimate of drug-likeness (QED) is 0.178. The molecule has 0 radical (unpaired) electrons. The van der Waals surface area contributed by atoms with Crippen LogP contribution in [0, 0.1) is 17.0 Å². The van der Waals surface area contributed by atoms with Crippen LogP contribution in [0.1, 0.15) is 105 Å². The molecule has 8 heteroatoms. The summed E-state index contributed by atoms with van der Waals surface area (Å²) in [7, 11) is 0. The van der Waals surface area contributed by atoms with Gasteiger partial charge < -0.3 is 20.4 Å². The number of carbonyl (C=O) groups excluding carboxylic acids is 2. The average molecular weight is 659 g/mol. The van der Waals surface area contributed by atoms with Crippen molar-refractivity contribution in [1.29, 1.82) is 0 Å². The summed E-state index contributed by atoms with van der Waals surface area (Å²) in [4.78, 5) is 29.4. The second kappa shape index (κ2) is 14.7. The molecule has 0 aromatic heterocycles. The topological polar surface area (TPSA) is 89.9 Å². The van der Waals surface area contributed by atoms with E-state index in [-0.39, 0.29) is 30.1 Å². The predicted molar refractivity (Wildman–Crippen MR) is 184 cm³/mol. The minimum absolute atomic E-state index is 0.0295. The number of ketones is 1. The van der Waals surface area contributed by atoms with Gasteiger partial charge in [-0.3, -0.25) is 4.79 Å². The monoisotopic (exact) mass is 658 g/mol. The summed E-state index contributed by atoms with van der Waals surface area (Å²) >= 11 is 0. The zero-order valence-electron chi connectivity index (χ0n) is 28.4. The highest BCUT2D eigenvalue weighted by Crippen LogP contribution is 2.59. The fourth-order valence-corrected chi connectivity index (χ4v) is 7.65. The van der Waals surface area contributed by atoms with Crippen LogP contribution in [0.5, 0.6) is 0 Å². The number of nitrogens with zero attached hydrogens (tertiary/aromatic N) is 1. The second-order valence-electron chi connectivity index (χ2n) is 14.4. The van der Waals surface area contributed by atoms with E-state index in [1.807, 2.05) is 56.3 Å². The maximum Gasteiger partial charge on any atom is 0.317 e. The Bertz CT molecular complexity index is 1660. The van der Waals surface area contributed by atoms with E-state index in [4.69, 9.17) is 0 Å². The lowest BCUT2D eigenvalue weighted by molar-refractivity contribution is -0.0781. The van der Waals surface area contributed by atoms with Crippen molar-refractivity contribution >= 4 is 11.8 Å². The van der Waals surface area contributed by atoms with E-state index in [2.05, 4.69) is 25.2 Å². The van der Waals surface area contributed by atoms with Gasteiger partial charge in [0.25, 0.3) is 0 Å². The Balaban J connectivity index is 1.60. The molecule has 0 heterocycles. The van der Waals surface area contributed by atoms with Crippen molar-refractivity contribution in [2.75, 3.05) is 6.54 Å². The van der Waals surface area contributed by atoms with E-state index in [0.29, 0.717) is 57.1 Å². The number of fused-ring (bicyclic) bond motifs is 8. The summed E-state index contributed by atoms with van der Waals surface area (Å²) in [6.45, 7) is 8.33.